The van der Waals surface area contributed by atoms with Crippen molar-refractivity contribution in [2.75, 3.05) is 0 Å². The van der Waals surface area contributed by atoms with Crippen LogP contribution in [-0.4, -0.2) is 10.5 Å². The molecule has 0 fully saturated rings. The number of hydrogen-bond acceptors (Lipinski definition) is 1. The van der Waals surface area contributed by atoms with E-state index in [-0.39, 0.29) is 5.91 Å². The highest BCUT2D eigenvalue weighted by atomic mass is 16.2. The second-order valence-electron chi connectivity index (χ2n) is 5.56. The van der Waals surface area contributed by atoms with E-state index in [1.165, 1.54) is 11.1 Å². The molecule has 1 aromatic heterocycles. The Morgan fingerprint density at radius 1 is 0.895 bits per heavy atom. The highest BCUT2D eigenvalue weighted by Gasteiger charge is 2.16. The Kier molecular flexibility index (Phi) is 3.89. The van der Waals surface area contributed by atoms with E-state index < -0.39 is 0 Å². The zero-order chi connectivity index (χ0) is 14.0. The summed E-state index contributed by atoms with van der Waals surface area (Å²) in [5, 5.41) is 0. The zero-order valence-electron chi connectivity index (χ0n) is 12.1. The molecule has 0 saturated heterocycles. The number of benzene rings is 1. The molecule has 0 saturated carbocycles. The lowest BCUT2D eigenvalue weighted by Gasteiger charge is -2.08. The van der Waals surface area contributed by atoms with Gasteiger partial charge in [0, 0.05) is 18.0 Å². The van der Waals surface area contributed by atoms with E-state index in [4.69, 9.17) is 0 Å². The van der Waals surface area contributed by atoms with Gasteiger partial charge in [-0.1, -0.05) is 45.9 Å². The summed E-state index contributed by atoms with van der Waals surface area (Å²) in [4.78, 5) is 12.4. The van der Waals surface area contributed by atoms with E-state index in [1.54, 1.807) is 4.57 Å². The Bertz CT molecular complexity index is 539. The quantitative estimate of drug-likeness (QED) is 0.795. The van der Waals surface area contributed by atoms with E-state index in [0.717, 1.165) is 5.56 Å². The molecule has 2 aromatic rings. The van der Waals surface area contributed by atoms with Crippen molar-refractivity contribution in [1.29, 1.82) is 0 Å². The minimum absolute atomic E-state index is 0.0365. The highest BCUT2D eigenvalue weighted by Crippen LogP contribution is 2.27. The zero-order valence-corrected chi connectivity index (χ0v) is 12.1. The Morgan fingerprint density at radius 2 is 1.37 bits per heavy atom. The summed E-state index contributed by atoms with van der Waals surface area (Å²) in [5.74, 6) is 0.902. The average Bonchev–Trinajstić information content (AvgIpc) is 2.84. The minimum atomic E-state index is 0.0365. The highest BCUT2D eigenvalue weighted by molar-refractivity contribution is 5.96. The number of carbonyl (C=O) groups is 1. The number of nitrogens with zero attached hydrogens (tertiary/aromatic N) is 1. The second-order valence-corrected chi connectivity index (χ2v) is 5.56. The number of rotatable bonds is 3. The third kappa shape index (κ3) is 2.78. The van der Waals surface area contributed by atoms with Gasteiger partial charge in [-0.2, -0.15) is 0 Å². The number of hydrogen-bond donors (Lipinski definition) is 0. The standard InChI is InChI=1S/C17H21NO/c1-12(2)15-10-18(11-16(15)13(3)4)17(19)14-8-6-5-7-9-14/h5-13H,1-4H3. The SMILES string of the molecule is CC(C)c1cn(C(=O)c2ccccc2)cc1C(C)C. The molecule has 1 aromatic carbocycles. The number of aromatic nitrogens is 1. The Hall–Kier alpha value is -1.83. The molecule has 0 bridgehead atoms. The molecule has 2 rings (SSSR count). The monoisotopic (exact) mass is 255 g/mol. The maximum atomic E-state index is 12.4. The summed E-state index contributed by atoms with van der Waals surface area (Å²) in [6, 6.07) is 9.41. The lowest BCUT2D eigenvalue weighted by molar-refractivity contribution is 0.0960. The van der Waals surface area contributed by atoms with Crippen LogP contribution in [0.2, 0.25) is 0 Å². The van der Waals surface area contributed by atoms with Crippen molar-refractivity contribution in [2.24, 2.45) is 0 Å². The van der Waals surface area contributed by atoms with Crippen LogP contribution in [-0.2, 0) is 0 Å². The van der Waals surface area contributed by atoms with Crippen LogP contribution in [0, 0.1) is 0 Å². The van der Waals surface area contributed by atoms with Crippen LogP contribution in [0.25, 0.3) is 0 Å². The largest absolute Gasteiger partial charge is 0.290 e. The molecular weight excluding hydrogens is 234 g/mol. The predicted molar refractivity (Wildman–Crippen MR) is 78.8 cm³/mol. The van der Waals surface area contributed by atoms with E-state index in [9.17, 15) is 4.79 Å². The summed E-state index contributed by atoms with van der Waals surface area (Å²) >= 11 is 0. The average molecular weight is 255 g/mol. The van der Waals surface area contributed by atoms with Crippen LogP contribution >= 0.6 is 0 Å². The summed E-state index contributed by atoms with van der Waals surface area (Å²) in [7, 11) is 0. The van der Waals surface area contributed by atoms with Crippen molar-refractivity contribution in [3.8, 4) is 0 Å². The lowest BCUT2D eigenvalue weighted by atomic mass is 9.95. The summed E-state index contributed by atoms with van der Waals surface area (Å²) in [5.41, 5.74) is 3.25. The van der Waals surface area contributed by atoms with Gasteiger partial charge in [-0.3, -0.25) is 9.36 Å². The van der Waals surface area contributed by atoms with E-state index in [1.807, 2.05) is 42.7 Å². The molecule has 0 N–H and O–H groups in total. The fraction of sp³-hybridized carbons (Fsp3) is 0.353. The van der Waals surface area contributed by atoms with Crippen LogP contribution < -0.4 is 0 Å². The van der Waals surface area contributed by atoms with Crippen LogP contribution in [0.15, 0.2) is 42.7 Å². The van der Waals surface area contributed by atoms with Crippen molar-refractivity contribution < 1.29 is 4.79 Å². The van der Waals surface area contributed by atoms with Gasteiger partial charge in [-0.15, -0.1) is 0 Å². The van der Waals surface area contributed by atoms with Crippen LogP contribution in [0.3, 0.4) is 0 Å². The van der Waals surface area contributed by atoms with Crippen molar-refractivity contribution in [2.45, 2.75) is 39.5 Å². The van der Waals surface area contributed by atoms with Gasteiger partial charge in [-0.25, -0.2) is 0 Å². The van der Waals surface area contributed by atoms with Gasteiger partial charge in [0.05, 0.1) is 0 Å². The topological polar surface area (TPSA) is 22.0 Å². The van der Waals surface area contributed by atoms with Gasteiger partial charge in [0.2, 0.25) is 0 Å². The van der Waals surface area contributed by atoms with Gasteiger partial charge in [-0.05, 0) is 35.1 Å². The van der Waals surface area contributed by atoms with Crippen LogP contribution in [0.1, 0.15) is 61.0 Å². The molecule has 2 nitrogen and oxygen atoms in total. The molecule has 0 atom stereocenters. The first kappa shape index (κ1) is 13.6. The molecule has 0 unspecified atom stereocenters. The first-order valence-electron chi connectivity index (χ1n) is 6.82. The Balaban J connectivity index is 2.41. The molecule has 0 spiro atoms. The van der Waals surface area contributed by atoms with Crippen molar-refractivity contribution in [1.82, 2.24) is 4.57 Å². The fourth-order valence-corrected chi connectivity index (χ4v) is 2.30. The van der Waals surface area contributed by atoms with Gasteiger partial charge in [0.25, 0.3) is 5.91 Å². The van der Waals surface area contributed by atoms with E-state index >= 15 is 0 Å². The Morgan fingerprint density at radius 3 is 1.79 bits per heavy atom. The molecule has 1 heterocycles. The van der Waals surface area contributed by atoms with Gasteiger partial charge in [0.15, 0.2) is 0 Å². The lowest BCUT2D eigenvalue weighted by Crippen LogP contribution is -2.09. The fourth-order valence-electron chi connectivity index (χ4n) is 2.30. The summed E-state index contributed by atoms with van der Waals surface area (Å²) < 4.78 is 1.72. The maximum Gasteiger partial charge on any atom is 0.261 e. The molecule has 100 valence electrons. The molecule has 0 aliphatic rings. The number of carbonyl (C=O) groups excluding carboxylic acids is 1. The van der Waals surface area contributed by atoms with Gasteiger partial charge >= 0.3 is 0 Å². The molecule has 19 heavy (non-hydrogen) atoms. The molecular formula is C17H21NO. The molecule has 0 aliphatic carbocycles. The van der Waals surface area contributed by atoms with Gasteiger partial charge in [0.1, 0.15) is 0 Å². The normalized spacial score (nSPS) is 11.3. The molecule has 2 heteroatoms. The van der Waals surface area contributed by atoms with Crippen LogP contribution in [0.5, 0.6) is 0 Å². The third-order valence-electron chi connectivity index (χ3n) is 3.39. The summed E-state index contributed by atoms with van der Waals surface area (Å²) in [6.45, 7) is 8.66. The first-order valence-corrected chi connectivity index (χ1v) is 6.82. The minimum Gasteiger partial charge on any atom is -0.290 e. The van der Waals surface area contributed by atoms with Gasteiger partial charge < -0.3 is 0 Å². The second kappa shape index (κ2) is 5.43. The predicted octanol–water partition coefficient (Wildman–Crippen LogP) is 4.42. The van der Waals surface area contributed by atoms with Crippen molar-refractivity contribution in [3.63, 3.8) is 0 Å². The van der Waals surface area contributed by atoms with Crippen molar-refractivity contribution in [3.05, 3.63) is 59.4 Å². The van der Waals surface area contributed by atoms with Crippen LogP contribution in [0.4, 0.5) is 0 Å². The maximum absolute atomic E-state index is 12.4. The first-order chi connectivity index (χ1) is 9.00. The molecule has 0 radical (unpaired) electrons. The van der Waals surface area contributed by atoms with E-state index in [0.29, 0.717) is 11.8 Å². The molecule has 0 aliphatic heterocycles. The smallest absolute Gasteiger partial charge is 0.261 e. The summed E-state index contributed by atoms with van der Waals surface area (Å²) in [6.07, 6.45) is 3.96. The van der Waals surface area contributed by atoms with Crippen molar-refractivity contribution >= 4 is 5.91 Å². The third-order valence-corrected chi connectivity index (χ3v) is 3.39. The van der Waals surface area contributed by atoms with E-state index in [2.05, 4.69) is 27.7 Å². The molecule has 0 amide bonds. The Labute approximate surface area is 115 Å².